The van der Waals surface area contributed by atoms with Crippen molar-refractivity contribution in [3.05, 3.63) is 82.0 Å². The molecule has 0 N–H and O–H groups in total. The van der Waals surface area contributed by atoms with Crippen LogP contribution in [0.3, 0.4) is 0 Å². The average molecular weight is 377 g/mol. The molecule has 0 fully saturated rings. The van der Waals surface area contributed by atoms with Crippen LogP contribution in [0.15, 0.2) is 71.1 Å². The molecule has 0 aliphatic heterocycles. The molecule has 26 heavy (non-hydrogen) atoms. The summed E-state index contributed by atoms with van der Waals surface area (Å²) in [5.41, 5.74) is 2.96. The highest BCUT2D eigenvalue weighted by atomic mass is 32.1. The zero-order valence-electron chi connectivity index (χ0n) is 14.0. The molecule has 0 saturated heterocycles. The second kappa shape index (κ2) is 7.19. The van der Waals surface area contributed by atoms with Gasteiger partial charge in [-0.05, 0) is 41.6 Å². The lowest BCUT2D eigenvalue weighted by Gasteiger charge is -2.12. The predicted molar refractivity (Wildman–Crippen MR) is 110 cm³/mol. The quantitative estimate of drug-likeness (QED) is 0.356. The summed E-state index contributed by atoms with van der Waals surface area (Å²) in [5.74, 6) is -0.178. The summed E-state index contributed by atoms with van der Waals surface area (Å²) in [7, 11) is 0. The Morgan fingerprint density at radius 2 is 1.96 bits per heavy atom. The Hall–Kier alpha value is -2.83. The van der Waals surface area contributed by atoms with Crippen LogP contribution >= 0.6 is 22.7 Å². The van der Waals surface area contributed by atoms with Crippen LogP contribution in [0.4, 0.5) is 5.13 Å². The summed E-state index contributed by atoms with van der Waals surface area (Å²) in [4.78, 5) is 18.2. The lowest BCUT2D eigenvalue weighted by atomic mass is 10.2. The van der Waals surface area contributed by atoms with Crippen LogP contribution in [0.2, 0.25) is 0 Å². The van der Waals surface area contributed by atoms with Gasteiger partial charge in [-0.1, -0.05) is 53.8 Å². The zero-order chi connectivity index (χ0) is 17.9. The minimum atomic E-state index is -0.178. The van der Waals surface area contributed by atoms with Gasteiger partial charge in [0.05, 0.1) is 21.3 Å². The number of carbonyl (C=O) groups excluding carboxylic acids is 1. The second-order valence-corrected chi connectivity index (χ2v) is 7.67. The van der Waals surface area contributed by atoms with E-state index in [2.05, 4.69) is 16.2 Å². The first-order chi connectivity index (χ1) is 12.7. The molecule has 2 aromatic carbocycles. The molecule has 2 heterocycles. The number of fused-ring (bicyclic) bond motifs is 1. The third kappa shape index (κ3) is 3.42. The average Bonchev–Trinajstić information content (AvgIpc) is 3.32. The molecule has 128 valence electrons. The molecule has 4 rings (SSSR count). The maximum atomic E-state index is 13.0. The monoisotopic (exact) mass is 377 g/mol. The molecule has 0 bridgehead atoms. The first-order valence-electron chi connectivity index (χ1n) is 8.05. The fourth-order valence-electron chi connectivity index (χ4n) is 2.47. The van der Waals surface area contributed by atoms with E-state index in [1.165, 1.54) is 27.7 Å². The summed E-state index contributed by atoms with van der Waals surface area (Å²) in [6.45, 7) is 2.04. The van der Waals surface area contributed by atoms with Crippen LogP contribution in [-0.2, 0) is 0 Å². The SMILES string of the molecule is Cc1ccc2nc(N(/N=C\c3ccccc3)C(=O)c3cccs3)sc2c1. The predicted octanol–water partition coefficient (Wildman–Crippen LogP) is 5.35. The fourth-order valence-corrected chi connectivity index (χ4v) is 4.14. The number of anilines is 1. The lowest BCUT2D eigenvalue weighted by molar-refractivity contribution is 0.0991. The van der Waals surface area contributed by atoms with E-state index < -0.39 is 0 Å². The molecule has 1 amide bonds. The van der Waals surface area contributed by atoms with Crippen molar-refractivity contribution in [1.29, 1.82) is 0 Å². The van der Waals surface area contributed by atoms with Gasteiger partial charge in [0.15, 0.2) is 0 Å². The van der Waals surface area contributed by atoms with Crippen LogP contribution in [0.1, 0.15) is 20.8 Å². The third-order valence-electron chi connectivity index (χ3n) is 3.76. The molecule has 0 radical (unpaired) electrons. The smallest absolute Gasteiger partial charge is 0.266 e. The Morgan fingerprint density at radius 3 is 2.73 bits per heavy atom. The summed E-state index contributed by atoms with van der Waals surface area (Å²) in [6, 6.07) is 19.4. The number of hydrazone groups is 1. The standard InChI is InChI=1S/C20H15N3OS2/c1-14-9-10-16-18(12-14)26-20(22-16)23(19(24)17-8-5-11-25-17)21-13-15-6-3-2-4-7-15/h2-13H,1H3/b21-13-. The Bertz CT molecular complexity index is 1070. The van der Waals surface area contributed by atoms with Crippen LogP contribution in [-0.4, -0.2) is 17.1 Å². The minimum absolute atomic E-state index is 0.178. The molecule has 4 aromatic rings. The molecule has 2 aromatic heterocycles. The summed E-state index contributed by atoms with van der Waals surface area (Å²) in [6.07, 6.45) is 1.68. The van der Waals surface area contributed by atoms with E-state index in [1.54, 1.807) is 12.3 Å². The lowest BCUT2D eigenvalue weighted by Crippen LogP contribution is -2.24. The molecule has 0 unspecified atom stereocenters. The van der Waals surface area contributed by atoms with Crippen molar-refractivity contribution in [2.45, 2.75) is 6.92 Å². The number of benzene rings is 2. The molecule has 0 aliphatic carbocycles. The van der Waals surface area contributed by atoms with Crippen LogP contribution in [0.25, 0.3) is 10.2 Å². The Kier molecular flexibility index (Phi) is 4.60. The summed E-state index contributed by atoms with van der Waals surface area (Å²) >= 11 is 2.86. The molecule has 4 nitrogen and oxygen atoms in total. The number of amides is 1. The molecule has 0 atom stereocenters. The highest BCUT2D eigenvalue weighted by Gasteiger charge is 2.21. The van der Waals surface area contributed by atoms with Gasteiger partial charge in [-0.3, -0.25) is 4.79 Å². The van der Waals surface area contributed by atoms with Crippen LogP contribution < -0.4 is 5.01 Å². The van der Waals surface area contributed by atoms with Gasteiger partial charge in [0.1, 0.15) is 0 Å². The van der Waals surface area contributed by atoms with E-state index in [-0.39, 0.29) is 5.91 Å². The van der Waals surface area contributed by atoms with E-state index in [1.807, 2.05) is 60.8 Å². The Morgan fingerprint density at radius 1 is 1.12 bits per heavy atom. The van der Waals surface area contributed by atoms with Crippen LogP contribution in [0, 0.1) is 6.92 Å². The van der Waals surface area contributed by atoms with E-state index in [0.29, 0.717) is 10.0 Å². The van der Waals surface area contributed by atoms with Crippen LogP contribution in [0.5, 0.6) is 0 Å². The van der Waals surface area contributed by atoms with E-state index in [4.69, 9.17) is 0 Å². The fraction of sp³-hybridized carbons (Fsp3) is 0.0500. The highest BCUT2D eigenvalue weighted by Crippen LogP contribution is 2.31. The van der Waals surface area contributed by atoms with E-state index in [0.717, 1.165) is 21.3 Å². The maximum Gasteiger partial charge on any atom is 0.290 e. The highest BCUT2D eigenvalue weighted by molar-refractivity contribution is 7.22. The number of hydrogen-bond donors (Lipinski definition) is 0. The van der Waals surface area contributed by atoms with Gasteiger partial charge >= 0.3 is 0 Å². The third-order valence-corrected chi connectivity index (χ3v) is 5.61. The largest absolute Gasteiger partial charge is 0.290 e. The summed E-state index contributed by atoms with van der Waals surface area (Å²) in [5, 5.41) is 8.29. The van der Waals surface area contributed by atoms with Gasteiger partial charge in [0.25, 0.3) is 5.91 Å². The van der Waals surface area contributed by atoms with Crippen molar-refractivity contribution in [2.24, 2.45) is 5.10 Å². The van der Waals surface area contributed by atoms with Gasteiger partial charge in [-0.15, -0.1) is 11.3 Å². The normalized spacial score (nSPS) is 11.3. The van der Waals surface area contributed by atoms with E-state index >= 15 is 0 Å². The van der Waals surface area contributed by atoms with Crippen molar-refractivity contribution in [1.82, 2.24) is 4.98 Å². The number of hydrogen-bond acceptors (Lipinski definition) is 5. The number of carbonyl (C=O) groups is 1. The van der Waals surface area contributed by atoms with Gasteiger partial charge < -0.3 is 0 Å². The number of thiophene rings is 1. The van der Waals surface area contributed by atoms with Crippen molar-refractivity contribution >= 4 is 50.1 Å². The number of aryl methyl sites for hydroxylation is 1. The topological polar surface area (TPSA) is 45.6 Å². The second-order valence-electron chi connectivity index (χ2n) is 5.72. The Balaban J connectivity index is 1.76. The zero-order valence-corrected chi connectivity index (χ0v) is 15.6. The first kappa shape index (κ1) is 16.6. The maximum absolute atomic E-state index is 13.0. The van der Waals surface area contributed by atoms with Crippen molar-refractivity contribution in [3.8, 4) is 0 Å². The summed E-state index contributed by atoms with van der Waals surface area (Å²) < 4.78 is 1.04. The van der Waals surface area contributed by atoms with Gasteiger partial charge in [-0.25, -0.2) is 4.98 Å². The first-order valence-corrected chi connectivity index (χ1v) is 9.74. The van der Waals surface area contributed by atoms with Crippen molar-refractivity contribution in [2.75, 3.05) is 5.01 Å². The van der Waals surface area contributed by atoms with E-state index in [9.17, 15) is 4.79 Å². The van der Waals surface area contributed by atoms with Crippen molar-refractivity contribution in [3.63, 3.8) is 0 Å². The molecule has 0 aliphatic rings. The minimum Gasteiger partial charge on any atom is -0.266 e. The van der Waals surface area contributed by atoms with Gasteiger partial charge in [-0.2, -0.15) is 10.1 Å². The molecular formula is C20H15N3OS2. The number of thiazole rings is 1. The molecule has 0 spiro atoms. The van der Waals surface area contributed by atoms with Crippen molar-refractivity contribution < 1.29 is 4.79 Å². The molecule has 6 heteroatoms. The number of aromatic nitrogens is 1. The molecule has 0 saturated carbocycles. The number of nitrogens with zero attached hydrogens (tertiary/aromatic N) is 3. The van der Waals surface area contributed by atoms with Gasteiger partial charge in [0, 0.05) is 0 Å². The van der Waals surface area contributed by atoms with Gasteiger partial charge in [0.2, 0.25) is 5.13 Å². The molecular weight excluding hydrogens is 362 g/mol. The Labute approximate surface area is 159 Å². The number of rotatable bonds is 4.